The summed E-state index contributed by atoms with van der Waals surface area (Å²) in [6.45, 7) is 6.83. The molecule has 0 spiro atoms. The quantitative estimate of drug-likeness (QED) is 0.874. The Morgan fingerprint density at radius 2 is 2.00 bits per heavy atom. The molecule has 0 atom stereocenters. The van der Waals surface area contributed by atoms with Gasteiger partial charge in [0.05, 0.1) is 6.61 Å². The highest BCUT2D eigenvalue weighted by atomic mass is 19.1. The van der Waals surface area contributed by atoms with E-state index in [1.165, 1.54) is 12.1 Å². The zero-order valence-corrected chi connectivity index (χ0v) is 10.7. The molecule has 0 saturated carbocycles. The second-order valence-corrected chi connectivity index (χ2v) is 3.96. The second kappa shape index (κ2) is 8.07. The monoisotopic (exact) mass is 239 g/mol. The van der Waals surface area contributed by atoms with Crippen LogP contribution in [0.5, 0.6) is 5.75 Å². The second-order valence-electron chi connectivity index (χ2n) is 3.96. The van der Waals surface area contributed by atoms with Gasteiger partial charge in [-0.15, -0.1) is 0 Å². The van der Waals surface area contributed by atoms with E-state index in [4.69, 9.17) is 4.74 Å². The van der Waals surface area contributed by atoms with Gasteiger partial charge in [0.15, 0.2) is 0 Å². The van der Waals surface area contributed by atoms with Crippen LogP contribution in [0.15, 0.2) is 24.3 Å². The van der Waals surface area contributed by atoms with E-state index < -0.39 is 0 Å². The van der Waals surface area contributed by atoms with Gasteiger partial charge < -0.3 is 10.1 Å². The van der Waals surface area contributed by atoms with Gasteiger partial charge in [-0.25, -0.2) is 4.39 Å². The molecule has 2 nitrogen and oxygen atoms in total. The lowest BCUT2D eigenvalue weighted by Gasteiger charge is -2.22. The van der Waals surface area contributed by atoms with Gasteiger partial charge in [0.2, 0.25) is 0 Å². The first-order chi connectivity index (χ1) is 8.34. The number of hydrogen-bond donors (Lipinski definition) is 1. The molecule has 1 aliphatic rings. The van der Waals surface area contributed by atoms with Crippen molar-refractivity contribution < 1.29 is 9.13 Å². The van der Waals surface area contributed by atoms with Crippen LogP contribution in [0.1, 0.15) is 26.7 Å². The summed E-state index contributed by atoms with van der Waals surface area (Å²) in [6, 6.07) is 6.33. The Balaban J connectivity index is 0.000000686. The summed E-state index contributed by atoms with van der Waals surface area (Å²) in [7, 11) is 0. The Bertz CT molecular complexity index is 311. The van der Waals surface area contributed by atoms with Gasteiger partial charge in [0.1, 0.15) is 11.6 Å². The molecule has 17 heavy (non-hydrogen) atoms. The van der Waals surface area contributed by atoms with Gasteiger partial charge in [0, 0.05) is 6.07 Å². The molecule has 1 N–H and O–H groups in total. The van der Waals surface area contributed by atoms with Crippen LogP contribution in [0, 0.1) is 11.7 Å². The lowest BCUT2D eigenvalue weighted by atomic mass is 9.99. The largest absolute Gasteiger partial charge is 0.493 e. The Kier molecular flexibility index (Phi) is 6.63. The lowest BCUT2D eigenvalue weighted by molar-refractivity contribution is 0.214. The topological polar surface area (TPSA) is 21.3 Å². The SMILES string of the molecule is CC.Fc1cccc(OCC2CCNCC2)c1. The minimum Gasteiger partial charge on any atom is -0.493 e. The Hall–Kier alpha value is -1.09. The fourth-order valence-corrected chi connectivity index (χ4v) is 1.82. The fourth-order valence-electron chi connectivity index (χ4n) is 1.82. The highest BCUT2D eigenvalue weighted by Gasteiger charge is 2.13. The van der Waals surface area contributed by atoms with Crippen LogP contribution in [-0.4, -0.2) is 19.7 Å². The average molecular weight is 239 g/mol. The van der Waals surface area contributed by atoms with Crippen LogP contribution in [0.4, 0.5) is 4.39 Å². The minimum atomic E-state index is -0.238. The molecule has 1 heterocycles. The van der Waals surface area contributed by atoms with E-state index >= 15 is 0 Å². The van der Waals surface area contributed by atoms with Gasteiger partial charge in [-0.05, 0) is 44.0 Å². The molecule has 96 valence electrons. The molecule has 1 aromatic carbocycles. The van der Waals surface area contributed by atoms with Gasteiger partial charge in [-0.2, -0.15) is 0 Å². The van der Waals surface area contributed by atoms with Crippen molar-refractivity contribution in [3.05, 3.63) is 30.1 Å². The fraction of sp³-hybridized carbons (Fsp3) is 0.571. The molecule has 0 unspecified atom stereocenters. The van der Waals surface area contributed by atoms with Crippen molar-refractivity contribution in [2.75, 3.05) is 19.7 Å². The summed E-state index contributed by atoms with van der Waals surface area (Å²) < 4.78 is 18.4. The van der Waals surface area contributed by atoms with Crippen LogP contribution in [0.25, 0.3) is 0 Å². The summed E-state index contributed by atoms with van der Waals surface area (Å²) in [6.07, 6.45) is 2.30. The van der Waals surface area contributed by atoms with E-state index in [0.29, 0.717) is 18.3 Å². The standard InChI is InChI=1S/C12H16FNO.C2H6/c13-11-2-1-3-12(8-11)15-9-10-4-6-14-7-5-10;1-2/h1-3,8,10,14H,4-7,9H2;1-2H3. The molecule has 0 radical (unpaired) electrons. The van der Waals surface area contributed by atoms with Crippen LogP contribution in [-0.2, 0) is 0 Å². The molecule has 3 heteroatoms. The highest BCUT2D eigenvalue weighted by molar-refractivity contribution is 5.22. The summed E-state index contributed by atoms with van der Waals surface area (Å²) in [5.41, 5.74) is 0. The van der Waals surface area contributed by atoms with Crippen LogP contribution in [0.3, 0.4) is 0 Å². The van der Waals surface area contributed by atoms with Crippen molar-refractivity contribution in [1.82, 2.24) is 5.32 Å². The van der Waals surface area contributed by atoms with Crippen molar-refractivity contribution >= 4 is 0 Å². The van der Waals surface area contributed by atoms with Crippen molar-refractivity contribution in [2.45, 2.75) is 26.7 Å². The maximum Gasteiger partial charge on any atom is 0.126 e. The number of nitrogens with one attached hydrogen (secondary N) is 1. The van der Waals surface area contributed by atoms with Gasteiger partial charge >= 0.3 is 0 Å². The van der Waals surface area contributed by atoms with E-state index in [0.717, 1.165) is 25.9 Å². The van der Waals surface area contributed by atoms with Crippen LogP contribution < -0.4 is 10.1 Å². The van der Waals surface area contributed by atoms with E-state index in [2.05, 4.69) is 5.32 Å². The molecule has 1 saturated heterocycles. The molecule has 2 rings (SSSR count). The molecule has 1 aromatic rings. The summed E-state index contributed by atoms with van der Waals surface area (Å²) >= 11 is 0. The third-order valence-corrected chi connectivity index (χ3v) is 2.74. The number of hydrogen-bond acceptors (Lipinski definition) is 2. The molecule has 1 aliphatic heterocycles. The molecule has 0 aromatic heterocycles. The molecule has 0 aliphatic carbocycles. The van der Waals surface area contributed by atoms with Crippen molar-refractivity contribution in [3.8, 4) is 5.75 Å². The Morgan fingerprint density at radius 3 is 2.65 bits per heavy atom. The smallest absolute Gasteiger partial charge is 0.126 e. The minimum absolute atomic E-state index is 0.238. The first-order valence-corrected chi connectivity index (χ1v) is 6.44. The summed E-state index contributed by atoms with van der Waals surface area (Å²) in [5.74, 6) is 1.00. The number of piperidine rings is 1. The van der Waals surface area contributed by atoms with Crippen LogP contribution in [0.2, 0.25) is 0 Å². The molecule has 0 amide bonds. The maximum absolute atomic E-state index is 12.8. The molecular weight excluding hydrogens is 217 g/mol. The Labute approximate surface area is 103 Å². The number of rotatable bonds is 3. The first kappa shape index (κ1) is 14.0. The zero-order chi connectivity index (χ0) is 12.5. The lowest BCUT2D eigenvalue weighted by Crippen LogP contribution is -2.30. The van der Waals surface area contributed by atoms with E-state index in [1.54, 1.807) is 12.1 Å². The summed E-state index contributed by atoms with van der Waals surface area (Å²) in [4.78, 5) is 0. The van der Waals surface area contributed by atoms with Gasteiger partial charge in [-0.3, -0.25) is 0 Å². The molecule has 0 bridgehead atoms. The third-order valence-electron chi connectivity index (χ3n) is 2.74. The number of benzene rings is 1. The van der Waals surface area contributed by atoms with Crippen LogP contribution >= 0.6 is 0 Å². The number of ether oxygens (including phenoxy) is 1. The first-order valence-electron chi connectivity index (χ1n) is 6.44. The third kappa shape index (κ3) is 5.18. The average Bonchev–Trinajstić information content (AvgIpc) is 2.40. The molecule has 1 fully saturated rings. The van der Waals surface area contributed by atoms with Gasteiger partial charge in [-0.1, -0.05) is 19.9 Å². The van der Waals surface area contributed by atoms with Crippen molar-refractivity contribution in [3.63, 3.8) is 0 Å². The Morgan fingerprint density at radius 1 is 1.29 bits per heavy atom. The van der Waals surface area contributed by atoms with Crippen molar-refractivity contribution in [2.24, 2.45) is 5.92 Å². The zero-order valence-electron chi connectivity index (χ0n) is 10.7. The maximum atomic E-state index is 12.8. The van der Waals surface area contributed by atoms with Gasteiger partial charge in [0.25, 0.3) is 0 Å². The predicted molar refractivity (Wildman–Crippen MR) is 68.8 cm³/mol. The van der Waals surface area contributed by atoms with Crippen molar-refractivity contribution in [1.29, 1.82) is 0 Å². The van der Waals surface area contributed by atoms with E-state index in [-0.39, 0.29) is 5.82 Å². The predicted octanol–water partition coefficient (Wildman–Crippen LogP) is 3.23. The normalized spacial score (nSPS) is 15.9. The molecular formula is C14H22FNO. The van der Waals surface area contributed by atoms with E-state index in [1.807, 2.05) is 13.8 Å². The van der Waals surface area contributed by atoms with E-state index in [9.17, 15) is 4.39 Å². The highest BCUT2D eigenvalue weighted by Crippen LogP contribution is 2.16. The summed E-state index contributed by atoms with van der Waals surface area (Å²) in [5, 5.41) is 3.31. The number of halogens is 1.